The Hall–Kier alpha value is -0.900. The number of rotatable bonds is 3. The zero-order chi connectivity index (χ0) is 8.15. The van der Waals surface area contributed by atoms with Gasteiger partial charge >= 0.3 is 0 Å². The first-order valence-corrected chi connectivity index (χ1v) is 3.20. The summed E-state index contributed by atoms with van der Waals surface area (Å²) in [5.74, 6) is 0. The third-order valence-corrected chi connectivity index (χ3v) is 1.48. The van der Waals surface area contributed by atoms with Gasteiger partial charge < -0.3 is 0 Å². The first-order chi connectivity index (χ1) is 4.59. The first kappa shape index (κ1) is 9.10. The number of nitro groups is 1. The molecule has 0 aromatic rings. The second-order valence-electron chi connectivity index (χ2n) is 1.45. The molecule has 0 amide bonds. The molecule has 0 N–H and O–H groups in total. The molecule has 0 saturated heterocycles. The van der Waals surface area contributed by atoms with E-state index in [1.54, 1.807) is 0 Å². The van der Waals surface area contributed by atoms with E-state index in [0.29, 0.717) is 4.48 Å². The van der Waals surface area contributed by atoms with Gasteiger partial charge in [-0.1, -0.05) is 12.7 Å². The summed E-state index contributed by atoms with van der Waals surface area (Å²) in [5.41, 5.74) is -0.167. The number of hydrogen-bond acceptors (Lipinski definition) is 2. The Kier molecular flexibility index (Phi) is 3.64. The van der Waals surface area contributed by atoms with Crippen LogP contribution in [0.1, 0.15) is 0 Å². The molecule has 0 aromatic carbocycles. The molecule has 0 aliphatic rings. The Balaban J connectivity index is 4.36. The minimum absolute atomic E-state index is 0.167. The lowest BCUT2D eigenvalue weighted by Crippen LogP contribution is -1.95. The zero-order valence-electron chi connectivity index (χ0n) is 5.21. The molecule has 54 valence electrons. The summed E-state index contributed by atoms with van der Waals surface area (Å²) >= 11 is 2.95. The van der Waals surface area contributed by atoms with E-state index in [2.05, 4.69) is 29.1 Å². The van der Waals surface area contributed by atoms with E-state index in [4.69, 9.17) is 0 Å². The molecular formula is C6H6BrNO2. The summed E-state index contributed by atoms with van der Waals surface area (Å²) < 4.78 is 0.340. The van der Waals surface area contributed by atoms with Crippen LogP contribution in [-0.2, 0) is 0 Å². The maximum Gasteiger partial charge on any atom is 0.276 e. The van der Waals surface area contributed by atoms with Crippen LogP contribution in [0.25, 0.3) is 0 Å². The lowest BCUT2D eigenvalue weighted by molar-refractivity contribution is -0.418. The van der Waals surface area contributed by atoms with Crippen molar-refractivity contribution < 1.29 is 4.92 Å². The van der Waals surface area contributed by atoms with Gasteiger partial charge in [-0.3, -0.25) is 10.1 Å². The van der Waals surface area contributed by atoms with Crippen LogP contribution in [0.3, 0.4) is 0 Å². The molecule has 0 bridgehead atoms. The van der Waals surface area contributed by atoms with E-state index in [9.17, 15) is 10.1 Å². The largest absolute Gasteiger partial charge is 0.276 e. The van der Waals surface area contributed by atoms with E-state index in [-0.39, 0.29) is 5.70 Å². The second kappa shape index (κ2) is 4.00. The smallest absolute Gasteiger partial charge is 0.258 e. The van der Waals surface area contributed by atoms with Gasteiger partial charge in [0.1, 0.15) is 0 Å². The topological polar surface area (TPSA) is 43.1 Å². The lowest BCUT2D eigenvalue weighted by Gasteiger charge is -1.90. The average Bonchev–Trinajstić information content (AvgIpc) is 1.87. The fourth-order valence-corrected chi connectivity index (χ4v) is 0.619. The third-order valence-electron chi connectivity index (χ3n) is 0.760. The molecule has 0 atom stereocenters. The molecular weight excluding hydrogens is 198 g/mol. The van der Waals surface area contributed by atoms with Crippen molar-refractivity contribution >= 4 is 15.9 Å². The predicted molar refractivity (Wildman–Crippen MR) is 43.3 cm³/mol. The van der Waals surface area contributed by atoms with Crippen LogP contribution >= 0.6 is 15.9 Å². The fourth-order valence-electron chi connectivity index (χ4n) is 0.287. The number of halogens is 1. The van der Waals surface area contributed by atoms with Crippen LogP contribution in [0, 0.1) is 10.1 Å². The molecule has 3 nitrogen and oxygen atoms in total. The van der Waals surface area contributed by atoms with Crippen LogP contribution in [0.2, 0.25) is 0 Å². The SMILES string of the molecule is C=C/C=C(/Br)C(=C)[N+](=O)[O-]. The van der Waals surface area contributed by atoms with E-state index in [1.807, 2.05) is 0 Å². The van der Waals surface area contributed by atoms with Crippen LogP contribution in [-0.4, -0.2) is 4.92 Å². The molecule has 0 saturated carbocycles. The highest BCUT2D eigenvalue weighted by Crippen LogP contribution is 2.14. The van der Waals surface area contributed by atoms with Crippen molar-refractivity contribution in [1.29, 1.82) is 0 Å². The maximum atomic E-state index is 10.0. The van der Waals surface area contributed by atoms with Crippen LogP contribution in [0.4, 0.5) is 0 Å². The van der Waals surface area contributed by atoms with Gasteiger partial charge in [0.15, 0.2) is 0 Å². The van der Waals surface area contributed by atoms with Crippen molar-refractivity contribution in [3.8, 4) is 0 Å². The molecule has 0 spiro atoms. The molecule has 0 aliphatic carbocycles. The molecule has 0 radical (unpaired) electrons. The minimum atomic E-state index is -0.565. The van der Waals surface area contributed by atoms with E-state index >= 15 is 0 Å². The normalized spacial score (nSPS) is 10.7. The Morgan fingerprint density at radius 3 is 2.50 bits per heavy atom. The van der Waals surface area contributed by atoms with Gasteiger partial charge in [0.25, 0.3) is 5.70 Å². The standard InChI is InChI=1S/C6H6BrNO2/c1-3-4-6(7)5(2)8(9)10/h3-4H,1-2H2/b6-4+. The van der Waals surface area contributed by atoms with E-state index in [1.165, 1.54) is 12.2 Å². The minimum Gasteiger partial charge on any atom is -0.258 e. The lowest BCUT2D eigenvalue weighted by atomic mass is 10.4. The number of allylic oxidation sites excluding steroid dienone is 3. The average molecular weight is 204 g/mol. The second-order valence-corrected chi connectivity index (χ2v) is 2.31. The maximum absolute atomic E-state index is 10.0. The van der Waals surface area contributed by atoms with Gasteiger partial charge in [-0.15, -0.1) is 0 Å². The van der Waals surface area contributed by atoms with Gasteiger partial charge in [0.05, 0.1) is 9.41 Å². The highest BCUT2D eigenvalue weighted by atomic mass is 79.9. The molecule has 0 rings (SSSR count). The number of hydrogen-bond donors (Lipinski definition) is 0. The quantitative estimate of drug-likeness (QED) is 0.402. The van der Waals surface area contributed by atoms with Gasteiger partial charge in [0.2, 0.25) is 0 Å². The monoisotopic (exact) mass is 203 g/mol. The first-order valence-electron chi connectivity index (χ1n) is 2.41. The molecule has 0 heterocycles. The van der Waals surface area contributed by atoms with Crippen molar-refractivity contribution in [2.45, 2.75) is 0 Å². The summed E-state index contributed by atoms with van der Waals surface area (Å²) in [6.07, 6.45) is 2.91. The summed E-state index contributed by atoms with van der Waals surface area (Å²) in [6, 6.07) is 0. The molecule has 4 heteroatoms. The van der Waals surface area contributed by atoms with Gasteiger partial charge in [-0.05, 0) is 28.6 Å². The third kappa shape index (κ3) is 2.59. The summed E-state index contributed by atoms with van der Waals surface area (Å²) in [4.78, 5) is 9.45. The molecule has 10 heavy (non-hydrogen) atoms. The van der Waals surface area contributed by atoms with Gasteiger partial charge in [-0.2, -0.15) is 0 Å². The fraction of sp³-hybridized carbons (Fsp3) is 0. The van der Waals surface area contributed by atoms with Crippen LogP contribution < -0.4 is 0 Å². The van der Waals surface area contributed by atoms with Crippen molar-refractivity contribution in [2.24, 2.45) is 0 Å². The van der Waals surface area contributed by atoms with Crippen molar-refractivity contribution in [2.75, 3.05) is 0 Å². The highest BCUT2D eigenvalue weighted by Gasteiger charge is 2.08. The summed E-state index contributed by atoms with van der Waals surface area (Å²) in [7, 11) is 0. The van der Waals surface area contributed by atoms with Crippen LogP contribution in [0.15, 0.2) is 35.5 Å². The Labute approximate surface area is 67.0 Å². The van der Waals surface area contributed by atoms with E-state index in [0.717, 1.165) is 0 Å². The molecule has 0 aromatic heterocycles. The van der Waals surface area contributed by atoms with E-state index < -0.39 is 4.92 Å². The molecule has 0 fully saturated rings. The zero-order valence-corrected chi connectivity index (χ0v) is 6.80. The van der Waals surface area contributed by atoms with Crippen LogP contribution in [0.5, 0.6) is 0 Å². The Morgan fingerprint density at radius 2 is 2.20 bits per heavy atom. The molecule has 0 unspecified atom stereocenters. The van der Waals surface area contributed by atoms with Gasteiger partial charge in [-0.25, -0.2) is 0 Å². The Bertz CT molecular complexity index is 208. The van der Waals surface area contributed by atoms with Crippen molar-refractivity contribution in [3.05, 3.63) is 45.6 Å². The van der Waals surface area contributed by atoms with Gasteiger partial charge in [0, 0.05) is 0 Å². The number of nitrogens with zero attached hydrogens (tertiary/aromatic N) is 1. The predicted octanol–water partition coefficient (Wildman–Crippen LogP) is 2.24. The molecule has 0 aliphatic heterocycles. The Morgan fingerprint density at radius 1 is 1.70 bits per heavy atom. The van der Waals surface area contributed by atoms with Crippen molar-refractivity contribution in [3.63, 3.8) is 0 Å². The highest BCUT2D eigenvalue weighted by molar-refractivity contribution is 9.11. The summed E-state index contributed by atoms with van der Waals surface area (Å²) in [6.45, 7) is 6.58. The summed E-state index contributed by atoms with van der Waals surface area (Å²) in [5, 5.41) is 10.0. The van der Waals surface area contributed by atoms with Crippen molar-refractivity contribution in [1.82, 2.24) is 0 Å².